The van der Waals surface area contributed by atoms with Crippen LogP contribution in [0.2, 0.25) is 0 Å². The fourth-order valence-electron chi connectivity index (χ4n) is 7.11. The standard InChI is InChI=1S/C41H36N10O17S4.4Na/c1-66-25-5-9-29(31(19-25)69(54,55)56)47-49-35-33(71(60,61)62)17-21-15-23(3-7-27(21)37(35)52)42-39-44-40(46-41(45-39)51-11-13-68-14-12-51)43-24-4-8-28-22(16-24)18-34(72(63,64)65)36(38(28)53)50-48-30-10-6-26(67-2)20-32(30)70(57,58)59;;;;/h3-10,15-20,52-53H,11-14H2,1-2H3,(H,54,55,56)(H,57,58,59)(H,60,61,62)(H,63,64,65)(H2,42,43,44,45,46);;;;/q;4*+1. The summed E-state index contributed by atoms with van der Waals surface area (Å²) in [6.45, 7) is 1.40. The zero-order valence-corrected chi connectivity index (χ0v) is 52.1. The van der Waals surface area contributed by atoms with Crippen LogP contribution in [0.25, 0.3) is 21.5 Å². The van der Waals surface area contributed by atoms with Crippen LogP contribution in [0.15, 0.2) is 125 Å². The van der Waals surface area contributed by atoms with Crippen molar-refractivity contribution >= 4 is 114 Å². The molecule has 1 fully saturated rings. The quantitative estimate of drug-likeness (QED) is 0.0270. The van der Waals surface area contributed by atoms with Crippen molar-refractivity contribution in [1.29, 1.82) is 0 Å². The molecular formula is C41H36N10Na4O17S4+4. The Balaban J connectivity index is 0.00000312. The van der Waals surface area contributed by atoms with E-state index >= 15 is 0 Å². The number of aromatic hydroxyl groups is 2. The summed E-state index contributed by atoms with van der Waals surface area (Å²) in [6, 6.07) is 16.9. The number of fused-ring (bicyclic) bond motifs is 2. The van der Waals surface area contributed by atoms with Crippen LogP contribution in [0.4, 0.5) is 52.0 Å². The minimum Gasteiger partial charge on any atom is -0.505 e. The van der Waals surface area contributed by atoms with Gasteiger partial charge >= 0.3 is 118 Å². The van der Waals surface area contributed by atoms with E-state index < -0.39 is 94.3 Å². The Hall–Kier alpha value is -3.75. The first-order valence-electron chi connectivity index (χ1n) is 20.2. The summed E-state index contributed by atoms with van der Waals surface area (Å²) < 4.78 is 154. The molecule has 1 aromatic heterocycles. The zero-order chi connectivity index (χ0) is 51.9. The maximum atomic E-state index is 12.7. The van der Waals surface area contributed by atoms with E-state index in [0.717, 1.165) is 36.4 Å². The molecule has 0 bridgehead atoms. The molecule has 27 nitrogen and oxygen atoms in total. The number of hydrogen-bond donors (Lipinski definition) is 8. The van der Waals surface area contributed by atoms with Crippen molar-refractivity contribution in [2.45, 2.75) is 19.6 Å². The minimum atomic E-state index is -5.15. The Labute approximate surface area is 521 Å². The summed E-state index contributed by atoms with van der Waals surface area (Å²) in [5.41, 5.74) is -2.03. The van der Waals surface area contributed by atoms with E-state index in [1.807, 2.05) is 0 Å². The van der Waals surface area contributed by atoms with Gasteiger partial charge in [0.05, 0.1) is 27.4 Å². The molecule has 0 radical (unpaired) electrons. The van der Waals surface area contributed by atoms with Crippen molar-refractivity contribution in [2.24, 2.45) is 20.5 Å². The fourth-order valence-corrected chi connectivity index (χ4v) is 9.71. The van der Waals surface area contributed by atoms with Crippen molar-refractivity contribution in [2.75, 3.05) is 56.1 Å². The smallest absolute Gasteiger partial charge is 0.505 e. The number of anilines is 5. The number of hydrogen-bond acceptors (Lipinski definition) is 23. The maximum Gasteiger partial charge on any atom is 1.00 e. The second kappa shape index (κ2) is 26.0. The third-order valence-electron chi connectivity index (χ3n) is 10.5. The van der Waals surface area contributed by atoms with Crippen molar-refractivity contribution in [3.05, 3.63) is 84.9 Å². The summed E-state index contributed by atoms with van der Waals surface area (Å²) in [7, 11) is -17.6. The maximum absolute atomic E-state index is 12.7. The van der Waals surface area contributed by atoms with Crippen LogP contribution in [0.5, 0.6) is 23.0 Å². The Kier molecular flexibility index (Phi) is 22.2. The number of nitrogens with zero attached hydrogens (tertiary/aromatic N) is 8. The third kappa shape index (κ3) is 14.9. The molecule has 0 aliphatic carbocycles. The van der Waals surface area contributed by atoms with Crippen LogP contribution in [0.1, 0.15) is 0 Å². The van der Waals surface area contributed by atoms with Crippen LogP contribution >= 0.6 is 0 Å². The third-order valence-corrected chi connectivity index (χ3v) is 14.0. The Morgan fingerprint density at radius 1 is 0.513 bits per heavy atom. The van der Waals surface area contributed by atoms with Crippen molar-refractivity contribution in [3.8, 4) is 23.0 Å². The van der Waals surface area contributed by atoms with Crippen molar-refractivity contribution in [3.63, 3.8) is 0 Å². The largest absolute Gasteiger partial charge is 1.00 e. The minimum absolute atomic E-state index is 0. The topological polar surface area (TPSA) is 401 Å². The number of phenolic OH excluding ortho intramolecular Hbond substituents is 2. The SMILES string of the molecule is COc1ccc(N=Nc2c(S(=O)(=O)O)cc3cc(Nc4nc(Nc5ccc6c(O)c(N=Nc7ccc(OC)cc7S(=O)(=O)O)c(S(=O)(=O)O)cc6c5)nc(N5CCOCC5)n4)ccc3c2O)c(S(=O)(=O)O)c1.[Na+].[Na+].[Na+].[Na+]. The van der Waals surface area contributed by atoms with Crippen LogP contribution < -0.4 is 143 Å². The first-order valence-corrected chi connectivity index (χ1v) is 26.0. The number of phenols is 2. The predicted molar refractivity (Wildman–Crippen MR) is 254 cm³/mol. The average molecular weight is 1160 g/mol. The molecular weight excluding hydrogens is 1120 g/mol. The molecule has 376 valence electrons. The van der Waals surface area contributed by atoms with Crippen LogP contribution in [0.3, 0.4) is 0 Å². The van der Waals surface area contributed by atoms with E-state index in [2.05, 4.69) is 46.0 Å². The Bertz CT molecular complexity index is 3660. The first kappa shape index (κ1) is 64.8. The summed E-state index contributed by atoms with van der Waals surface area (Å²) in [6.07, 6.45) is 0. The van der Waals surface area contributed by atoms with Gasteiger partial charge in [-0.2, -0.15) is 48.6 Å². The number of ether oxygens (including phenoxy) is 3. The van der Waals surface area contributed by atoms with Gasteiger partial charge in [-0.05, 0) is 83.6 Å². The average Bonchev–Trinajstić information content (AvgIpc) is 3.32. The fraction of sp³-hybridized carbons (Fsp3) is 0.146. The normalized spacial score (nSPS) is 13.1. The number of nitrogens with one attached hydrogen (secondary N) is 2. The second-order valence-corrected chi connectivity index (χ2v) is 20.7. The van der Waals surface area contributed by atoms with Gasteiger partial charge in [-0.25, -0.2) is 0 Å². The van der Waals surface area contributed by atoms with E-state index in [0.29, 0.717) is 26.3 Å². The molecule has 1 saturated heterocycles. The van der Waals surface area contributed by atoms with Gasteiger partial charge in [-0.15, -0.1) is 20.5 Å². The molecule has 0 spiro atoms. The van der Waals surface area contributed by atoms with E-state index in [4.69, 9.17) is 14.2 Å². The van der Waals surface area contributed by atoms with E-state index in [1.165, 1.54) is 62.8 Å². The number of benzene rings is 6. The molecule has 8 rings (SSSR count). The molecule has 76 heavy (non-hydrogen) atoms. The number of azo groups is 2. The molecule has 1 aliphatic rings. The van der Waals surface area contributed by atoms with Gasteiger partial charge in [0, 0.05) is 47.4 Å². The molecule has 0 unspecified atom stereocenters. The van der Waals surface area contributed by atoms with Gasteiger partial charge in [0.2, 0.25) is 17.8 Å². The molecule has 6 aromatic carbocycles. The molecule has 2 heterocycles. The molecule has 7 aromatic rings. The van der Waals surface area contributed by atoms with Gasteiger partial charge < -0.3 is 40.0 Å². The monoisotopic (exact) mass is 1160 g/mol. The Morgan fingerprint density at radius 3 is 1.25 bits per heavy atom. The summed E-state index contributed by atoms with van der Waals surface area (Å²) in [5.74, 6) is -1.51. The van der Waals surface area contributed by atoms with Gasteiger partial charge in [0.1, 0.15) is 53.8 Å². The predicted octanol–water partition coefficient (Wildman–Crippen LogP) is -5.24. The molecule has 0 saturated carbocycles. The van der Waals surface area contributed by atoms with Crippen molar-refractivity contribution in [1.82, 2.24) is 15.0 Å². The summed E-state index contributed by atoms with van der Waals surface area (Å²) >= 11 is 0. The first-order chi connectivity index (χ1) is 33.9. The molecule has 0 atom stereocenters. The van der Waals surface area contributed by atoms with Crippen LogP contribution in [-0.2, 0) is 45.2 Å². The van der Waals surface area contributed by atoms with Gasteiger partial charge in [0.25, 0.3) is 40.5 Å². The van der Waals surface area contributed by atoms with E-state index in [9.17, 15) is 62.1 Å². The van der Waals surface area contributed by atoms with Crippen LogP contribution in [0, 0.1) is 0 Å². The van der Waals surface area contributed by atoms with E-state index in [-0.39, 0.29) is 180 Å². The summed E-state index contributed by atoms with van der Waals surface area (Å²) in [4.78, 5) is 12.0. The number of aromatic nitrogens is 3. The zero-order valence-electron chi connectivity index (χ0n) is 40.8. The Morgan fingerprint density at radius 2 is 0.895 bits per heavy atom. The molecule has 8 N–H and O–H groups in total. The van der Waals surface area contributed by atoms with Gasteiger partial charge in [-0.3, -0.25) is 18.2 Å². The summed E-state index contributed by atoms with van der Waals surface area (Å²) in [5, 5.41) is 43.6. The molecule has 1 aliphatic heterocycles. The van der Waals surface area contributed by atoms with Crippen LogP contribution in [-0.4, -0.2) is 118 Å². The van der Waals surface area contributed by atoms with Crippen molar-refractivity contribution < 1.29 is 195 Å². The van der Waals surface area contributed by atoms with E-state index in [1.54, 1.807) is 4.90 Å². The van der Waals surface area contributed by atoms with Gasteiger partial charge in [-0.1, -0.05) is 0 Å². The second-order valence-electron chi connectivity index (χ2n) is 15.1. The van der Waals surface area contributed by atoms with Gasteiger partial charge in [0.15, 0.2) is 11.5 Å². The number of rotatable bonds is 15. The number of morpholine rings is 1. The molecule has 0 amide bonds. The number of methoxy groups -OCH3 is 2. The molecule has 35 heteroatoms.